The summed E-state index contributed by atoms with van der Waals surface area (Å²) in [7, 11) is -4.69. The van der Waals surface area contributed by atoms with Crippen LogP contribution < -0.4 is 43.5 Å². The zero-order valence-corrected chi connectivity index (χ0v) is 20.0. The van der Waals surface area contributed by atoms with E-state index in [1.54, 1.807) is 12.1 Å². The van der Waals surface area contributed by atoms with E-state index in [0.717, 1.165) is 11.1 Å². The quantitative estimate of drug-likeness (QED) is 0.176. The summed E-state index contributed by atoms with van der Waals surface area (Å²) in [4.78, 5) is 34.8. The van der Waals surface area contributed by atoms with Crippen LogP contribution in [0.3, 0.4) is 0 Å². The molecule has 1 unspecified atom stereocenters. The number of nitro benzene ring substituents is 1. The molecule has 0 saturated heterocycles. The van der Waals surface area contributed by atoms with Crippen molar-refractivity contribution < 1.29 is 57.8 Å². The molecule has 0 bridgehead atoms. The predicted octanol–water partition coefficient (Wildman–Crippen LogP) is 1.37. The largest absolute Gasteiger partial charge is 1.00 e. The van der Waals surface area contributed by atoms with Crippen LogP contribution >= 0.6 is 7.82 Å². The van der Waals surface area contributed by atoms with E-state index < -0.39 is 12.7 Å². The van der Waals surface area contributed by atoms with E-state index >= 15 is 0 Å². The van der Waals surface area contributed by atoms with E-state index in [1.807, 2.05) is 19.9 Å². The number of nitro groups is 1. The Bertz CT molecular complexity index is 1130. The van der Waals surface area contributed by atoms with Crippen molar-refractivity contribution in [3.63, 3.8) is 0 Å². The Kier molecular flexibility index (Phi) is 8.17. The van der Waals surface area contributed by atoms with Crippen LogP contribution in [0.5, 0.6) is 11.5 Å². The van der Waals surface area contributed by atoms with Crippen LogP contribution in [-0.2, 0) is 4.57 Å². The molecule has 8 nitrogen and oxygen atoms in total. The summed E-state index contributed by atoms with van der Waals surface area (Å²) in [5.41, 5.74) is 2.11. The molecule has 0 aliphatic rings. The first-order chi connectivity index (χ1) is 14.1. The number of non-ortho nitro benzene ring substituents is 1. The number of phosphoric ester groups is 1. The van der Waals surface area contributed by atoms with Crippen LogP contribution in [0.4, 0.5) is 5.69 Å². The second-order valence-corrected chi connectivity index (χ2v) is 7.87. The van der Waals surface area contributed by atoms with E-state index in [1.165, 1.54) is 48.5 Å². The number of hydrogen-bond acceptors (Lipinski definition) is 7. The maximum Gasteiger partial charge on any atom is 1.00 e. The molecule has 0 spiro atoms. The van der Waals surface area contributed by atoms with E-state index in [0.29, 0.717) is 0 Å². The second kappa shape index (κ2) is 10.2. The van der Waals surface area contributed by atoms with E-state index in [2.05, 4.69) is 0 Å². The number of nitrogens with zero attached hydrogens (tertiary/aromatic N) is 1. The third kappa shape index (κ3) is 6.75. The van der Waals surface area contributed by atoms with Crippen LogP contribution in [0, 0.1) is 24.0 Å². The van der Waals surface area contributed by atoms with Gasteiger partial charge in [0.1, 0.15) is 11.5 Å². The first kappa shape index (κ1) is 24.8. The zero-order chi connectivity index (χ0) is 21.9. The molecule has 154 valence electrons. The topological polar surface area (TPSA) is 119 Å². The summed E-state index contributed by atoms with van der Waals surface area (Å²) >= 11 is 0. The molecule has 0 amide bonds. The second-order valence-electron chi connectivity index (χ2n) is 6.61. The number of benzene rings is 3. The number of carbonyl (C=O) groups is 1. The fourth-order valence-electron chi connectivity index (χ4n) is 2.83. The van der Waals surface area contributed by atoms with Crippen molar-refractivity contribution in [2.75, 3.05) is 0 Å². The Hall–Kier alpha value is -2.48. The van der Waals surface area contributed by atoms with Crippen LogP contribution in [0.15, 0.2) is 66.7 Å². The van der Waals surface area contributed by atoms with E-state index in [4.69, 9.17) is 9.05 Å². The van der Waals surface area contributed by atoms with Gasteiger partial charge in [-0.2, -0.15) is 0 Å². The fraction of sp³-hybridized carbons (Fsp3) is 0.0952. The van der Waals surface area contributed by atoms with Crippen molar-refractivity contribution >= 4 is 19.3 Å². The van der Waals surface area contributed by atoms with Gasteiger partial charge in [0.2, 0.25) is 0 Å². The number of hydrogen-bond donors (Lipinski definition) is 0. The molecule has 3 aromatic carbocycles. The Labute approximate surface area is 200 Å². The minimum Gasteiger partial charge on any atom is -0.736 e. The van der Waals surface area contributed by atoms with Crippen molar-refractivity contribution in [3.05, 3.63) is 99.1 Å². The number of phosphoric acid groups is 1. The predicted molar refractivity (Wildman–Crippen MR) is 108 cm³/mol. The van der Waals surface area contributed by atoms with E-state index in [9.17, 15) is 24.4 Å². The van der Waals surface area contributed by atoms with Gasteiger partial charge in [0.05, 0.1) is 4.92 Å². The molecule has 0 N–H and O–H groups in total. The van der Waals surface area contributed by atoms with Crippen molar-refractivity contribution in [1.29, 1.82) is 0 Å². The average Bonchev–Trinajstić information content (AvgIpc) is 2.66. The van der Waals surface area contributed by atoms with Crippen molar-refractivity contribution in [2.24, 2.45) is 0 Å². The number of aryl methyl sites for hydroxylation is 2. The van der Waals surface area contributed by atoms with Gasteiger partial charge < -0.3 is 13.9 Å². The first-order valence-corrected chi connectivity index (χ1v) is 10.3. The Morgan fingerprint density at radius 2 is 1.29 bits per heavy atom. The summed E-state index contributed by atoms with van der Waals surface area (Å²) in [6.45, 7) is 3.63. The summed E-state index contributed by atoms with van der Waals surface area (Å²) < 4.78 is 22.1. The molecule has 10 heteroatoms. The van der Waals surface area contributed by atoms with Gasteiger partial charge in [-0.1, -0.05) is 6.07 Å². The monoisotopic (exact) mass is 449 g/mol. The molecule has 31 heavy (non-hydrogen) atoms. The molecule has 3 rings (SSSR count). The van der Waals surface area contributed by atoms with Crippen molar-refractivity contribution in [3.8, 4) is 11.5 Å². The van der Waals surface area contributed by atoms with Gasteiger partial charge in [0, 0.05) is 23.3 Å². The molecular formula is C21H17NNaO7P. The molecule has 0 aromatic heterocycles. The number of ketones is 1. The van der Waals surface area contributed by atoms with Gasteiger partial charge in [-0.25, -0.2) is 4.57 Å². The minimum absolute atomic E-state index is 0. The molecule has 3 aromatic rings. The number of rotatable bonds is 7. The SMILES string of the molecule is Cc1cc(C)cc(OP(=O)([O-])Oc2ccc(C(=O)c3ccc([N+](=O)[O-])cc3)cc2)c1.[Na+]. The van der Waals surface area contributed by atoms with Gasteiger partial charge >= 0.3 is 37.4 Å². The van der Waals surface area contributed by atoms with Gasteiger partial charge in [0.25, 0.3) is 5.69 Å². The third-order valence-electron chi connectivity index (χ3n) is 4.09. The smallest absolute Gasteiger partial charge is 0.736 e. The Morgan fingerprint density at radius 3 is 1.77 bits per heavy atom. The normalized spacial score (nSPS) is 12.2. The standard InChI is InChI=1S/C21H18NO7P.Na/c1-14-11-15(2)13-20(12-14)29-30(26,27)28-19-9-5-17(6-10-19)21(23)16-3-7-18(8-4-16)22(24)25;/h3-13H,1-2H3,(H,26,27);/q;+1/p-1. The van der Waals surface area contributed by atoms with Crippen LogP contribution in [0.25, 0.3) is 0 Å². The van der Waals surface area contributed by atoms with Crippen LogP contribution in [-0.4, -0.2) is 10.7 Å². The molecule has 0 aliphatic heterocycles. The maximum atomic E-state index is 12.5. The third-order valence-corrected chi connectivity index (χ3v) is 4.96. The summed E-state index contributed by atoms with van der Waals surface area (Å²) in [5.74, 6) is -0.234. The summed E-state index contributed by atoms with van der Waals surface area (Å²) in [5, 5.41) is 10.7. The molecule has 0 aliphatic carbocycles. The average molecular weight is 449 g/mol. The zero-order valence-electron chi connectivity index (χ0n) is 17.1. The molecule has 1 atom stereocenters. The molecule has 0 radical (unpaired) electrons. The first-order valence-electron chi connectivity index (χ1n) is 8.81. The molecule has 0 heterocycles. The maximum absolute atomic E-state index is 12.5. The van der Waals surface area contributed by atoms with Crippen LogP contribution in [0.1, 0.15) is 27.0 Å². The van der Waals surface area contributed by atoms with Crippen molar-refractivity contribution in [2.45, 2.75) is 13.8 Å². The Balaban J connectivity index is 0.00000341. The minimum atomic E-state index is -4.69. The van der Waals surface area contributed by atoms with Crippen molar-refractivity contribution in [1.82, 2.24) is 0 Å². The molecule has 0 fully saturated rings. The van der Waals surface area contributed by atoms with Crippen LogP contribution in [0.2, 0.25) is 0 Å². The summed E-state index contributed by atoms with van der Waals surface area (Å²) in [6, 6.07) is 15.7. The molecular weight excluding hydrogens is 432 g/mol. The number of carbonyl (C=O) groups excluding carboxylic acids is 1. The molecule has 0 saturated carbocycles. The Morgan fingerprint density at radius 1 is 0.839 bits per heavy atom. The van der Waals surface area contributed by atoms with E-state index in [-0.39, 0.29) is 63.7 Å². The van der Waals surface area contributed by atoms with Gasteiger partial charge in [-0.05, 0) is 73.5 Å². The van der Waals surface area contributed by atoms with Gasteiger partial charge in [-0.15, -0.1) is 0 Å². The van der Waals surface area contributed by atoms with Gasteiger partial charge in [-0.3, -0.25) is 14.9 Å². The fourth-order valence-corrected chi connectivity index (χ4v) is 3.61. The summed E-state index contributed by atoms with van der Waals surface area (Å²) in [6.07, 6.45) is 0. The van der Waals surface area contributed by atoms with Gasteiger partial charge in [0.15, 0.2) is 5.78 Å².